The SMILES string of the molecule is C=CC(=O)N1CCN(c2nc(OCC3CCCN3C)nc3c(F)c(-c4nc(N)cc(C)c4C(F)(F)F)c(Cl)cc23)C(C)C1.C=CC(=O)N1CCN(c2nc(OCC3CCCN3C)nc3c(F)c(-c4nc(N)cc(C)c4C(F)(F)F)c(Cl)cc23)C(C)C1. The van der Waals surface area contributed by atoms with Gasteiger partial charge in [-0.25, -0.2) is 18.7 Å². The standard InChI is InChI=1S/2C29H32ClF4N7O2/c2*1-5-21(42)40-9-10-41(16(3)13-40)27-18-12-19(30)22(26-23(29(32,33)34)15(2)11-20(35)36-26)24(31)25(18)37-28(38-27)43-14-17-7-6-8-39(17)4/h2*5,11-12,16-17H,1,6-10,13-14H2,2-4H3,(H2,35,36). The molecule has 4 N–H and O–H groups in total. The fourth-order valence-corrected chi connectivity index (χ4v) is 12.3. The van der Waals surface area contributed by atoms with Crippen LogP contribution in [0.25, 0.3) is 44.3 Å². The number of fused-ring (bicyclic) bond motifs is 2. The van der Waals surface area contributed by atoms with Crippen molar-refractivity contribution >= 4 is 80.1 Å². The number of benzene rings is 2. The smallest absolute Gasteiger partial charge is 0.418 e. The van der Waals surface area contributed by atoms with E-state index in [0.717, 1.165) is 50.9 Å². The van der Waals surface area contributed by atoms with Crippen molar-refractivity contribution in [1.82, 2.24) is 49.5 Å². The van der Waals surface area contributed by atoms with Gasteiger partial charge in [0.25, 0.3) is 0 Å². The van der Waals surface area contributed by atoms with Gasteiger partial charge in [0.1, 0.15) is 47.5 Å². The van der Waals surface area contributed by atoms with Crippen LogP contribution in [0.15, 0.2) is 49.6 Å². The van der Waals surface area contributed by atoms with Crippen LogP contribution in [0.4, 0.5) is 58.4 Å². The van der Waals surface area contributed by atoms with Gasteiger partial charge in [0.15, 0.2) is 11.6 Å². The molecule has 10 rings (SSSR count). The minimum absolute atomic E-state index is 0.106. The number of piperazine rings is 2. The highest BCUT2D eigenvalue weighted by molar-refractivity contribution is 6.35. The molecule has 4 unspecified atom stereocenters. The monoisotopic (exact) mass is 1240 g/mol. The van der Waals surface area contributed by atoms with E-state index in [9.17, 15) is 35.9 Å². The predicted octanol–water partition coefficient (Wildman–Crippen LogP) is 10.2. The number of nitrogen functional groups attached to an aromatic ring is 2. The van der Waals surface area contributed by atoms with Gasteiger partial charge >= 0.3 is 24.4 Å². The van der Waals surface area contributed by atoms with Crippen LogP contribution in [0.2, 0.25) is 10.0 Å². The Labute approximate surface area is 500 Å². The maximum Gasteiger partial charge on any atom is 0.418 e. The molecule has 4 fully saturated rings. The van der Waals surface area contributed by atoms with Gasteiger partial charge in [-0.05, 0) is 128 Å². The highest BCUT2D eigenvalue weighted by atomic mass is 35.5. The van der Waals surface area contributed by atoms with Gasteiger partial charge in [0, 0.05) is 74.2 Å². The Morgan fingerprint density at radius 2 is 0.988 bits per heavy atom. The van der Waals surface area contributed by atoms with Crippen LogP contribution in [0, 0.1) is 25.5 Å². The van der Waals surface area contributed by atoms with Gasteiger partial charge in [0.2, 0.25) is 11.8 Å². The number of hydrogen-bond donors (Lipinski definition) is 2. The van der Waals surface area contributed by atoms with E-state index in [-0.39, 0.29) is 127 Å². The topological polar surface area (TPSA) is 201 Å². The molecule has 0 radical (unpaired) electrons. The third-order valence-corrected chi connectivity index (χ3v) is 16.7. The fourth-order valence-electron chi connectivity index (χ4n) is 11.7. The summed E-state index contributed by atoms with van der Waals surface area (Å²) in [4.78, 5) is 61.5. The molecule has 0 spiro atoms. The highest BCUT2D eigenvalue weighted by Crippen LogP contribution is 2.47. The zero-order valence-corrected chi connectivity index (χ0v) is 49.5. The molecule has 4 aliphatic rings. The van der Waals surface area contributed by atoms with E-state index in [4.69, 9.17) is 44.1 Å². The van der Waals surface area contributed by atoms with Crippen molar-refractivity contribution in [2.75, 3.05) is 101 Å². The number of halogens is 10. The van der Waals surface area contributed by atoms with Crippen molar-refractivity contribution in [3.63, 3.8) is 0 Å². The quantitative estimate of drug-likeness (QED) is 0.0865. The minimum Gasteiger partial charge on any atom is -0.462 e. The van der Waals surface area contributed by atoms with Gasteiger partial charge in [-0.1, -0.05) is 36.4 Å². The predicted molar refractivity (Wildman–Crippen MR) is 313 cm³/mol. The van der Waals surface area contributed by atoms with E-state index >= 15 is 8.78 Å². The molecule has 4 aliphatic heterocycles. The first-order valence-electron chi connectivity index (χ1n) is 27.7. The molecule has 4 saturated heterocycles. The molecule has 0 aliphatic carbocycles. The van der Waals surface area contributed by atoms with Gasteiger partial charge in [-0.15, -0.1) is 0 Å². The maximum atomic E-state index is 16.5. The lowest BCUT2D eigenvalue weighted by Crippen LogP contribution is -2.53. The highest BCUT2D eigenvalue weighted by Gasteiger charge is 2.41. The van der Waals surface area contributed by atoms with Crippen LogP contribution < -0.4 is 30.7 Å². The summed E-state index contributed by atoms with van der Waals surface area (Å²) in [5, 5.41) is -0.262. The number of carbonyl (C=O) groups is 2. The lowest BCUT2D eigenvalue weighted by Gasteiger charge is -2.40. The second-order valence-corrected chi connectivity index (χ2v) is 22.8. The van der Waals surface area contributed by atoms with Gasteiger partial charge < -0.3 is 50.3 Å². The first kappa shape index (κ1) is 63.1. The van der Waals surface area contributed by atoms with Crippen LogP contribution in [0.3, 0.4) is 0 Å². The Hall–Kier alpha value is -7.42. The Balaban J connectivity index is 0.000000205. The number of alkyl halides is 6. The van der Waals surface area contributed by atoms with Crippen molar-refractivity contribution in [1.29, 1.82) is 0 Å². The van der Waals surface area contributed by atoms with Gasteiger partial charge in [0.05, 0.1) is 43.7 Å². The summed E-state index contributed by atoms with van der Waals surface area (Å²) in [5.41, 5.74) is 5.72. The summed E-state index contributed by atoms with van der Waals surface area (Å²) in [7, 11) is 3.96. The molecular formula is C58H64Cl2F8N14O4. The summed E-state index contributed by atoms with van der Waals surface area (Å²) in [6, 6.07) is 4.26. The van der Waals surface area contributed by atoms with E-state index in [1.54, 1.807) is 9.80 Å². The number of aromatic nitrogens is 6. The number of aryl methyl sites for hydroxylation is 2. The number of hydrogen-bond acceptors (Lipinski definition) is 16. The van der Waals surface area contributed by atoms with Crippen LogP contribution in [0.1, 0.15) is 61.8 Å². The maximum absolute atomic E-state index is 16.5. The second kappa shape index (κ2) is 25.1. The number of likely N-dealkylation sites (tertiary alicyclic amines) is 2. The third-order valence-electron chi connectivity index (χ3n) is 16.1. The normalized spacial score (nSPS) is 19.7. The summed E-state index contributed by atoms with van der Waals surface area (Å²) >= 11 is 13.1. The van der Waals surface area contributed by atoms with Crippen LogP contribution >= 0.6 is 23.2 Å². The summed E-state index contributed by atoms with van der Waals surface area (Å²) in [5.74, 6) is -2.50. The molecule has 18 nitrogen and oxygen atoms in total. The second-order valence-electron chi connectivity index (χ2n) is 22.0. The Morgan fingerprint density at radius 3 is 1.30 bits per heavy atom. The number of pyridine rings is 2. The zero-order valence-electron chi connectivity index (χ0n) is 48.0. The molecule has 6 aromatic rings. The molecule has 460 valence electrons. The molecule has 0 saturated carbocycles. The molecule has 4 atom stereocenters. The molecule has 2 aromatic carbocycles. The number of ether oxygens (including phenoxy) is 2. The molecule has 86 heavy (non-hydrogen) atoms. The number of nitrogens with two attached hydrogens (primary N) is 2. The average molecular weight is 1240 g/mol. The minimum atomic E-state index is -4.86. The van der Waals surface area contributed by atoms with Crippen molar-refractivity contribution in [2.45, 2.75) is 89.9 Å². The fraction of sp³-hybridized carbons (Fsp3) is 0.448. The van der Waals surface area contributed by atoms with Crippen LogP contribution in [0.5, 0.6) is 12.0 Å². The first-order chi connectivity index (χ1) is 40.6. The molecule has 4 aromatic heterocycles. The number of rotatable bonds is 12. The lowest BCUT2D eigenvalue weighted by molar-refractivity contribution is -0.138. The average Bonchev–Trinajstić information content (AvgIpc) is 0.993. The molecule has 2 amide bonds. The number of amides is 2. The number of anilines is 4. The van der Waals surface area contributed by atoms with Crippen molar-refractivity contribution in [3.05, 3.63) is 93.5 Å². The number of likely N-dealkylation sites (N-methyl/N-ethyl adjacent to an activating group) is 2. The largest absolute Gasteiger partial charge is 0.462 e. The van der Waals surface area contributed by atoms with E-state index in [1.165, 1.54) is 38.1 Å². The Kier molecular flexibility index (Phi) is 18.4. The number of nitrogens with zero attached hydrogens (tertiary/aromatic N) is 12. The zero-order chi connectivity index (χ0) is 62.4. The van der Waals surface area contributed by atoms with Crippen molar-refractivity contribution in [3.8, 4) is 34.5 Å². The first-order valence-corrected chi connectivity index (χ1v) is 28.5. The molecule has 8 heterocycles. The van der Waals surface area contributed by atoms with Gasteiger partial charge in [-0.3, -0.25) is 9.59 Å². The summed E-state index contributed by atoms with van der Waals surface area (Å²) in [6.07, 6.45) is -3.42. The van der Waals surface area contributed by atoms with E-state index < -0.39 is 57.6 Å². The van der Waals surface area contributed by atoms with Crippen molar-refractivity contribution < 1.29 is 54.2 Å². The van der Waals surface area contributed by atoms with E-state index in [0.29, 0.717) is 39.3 Å². The summed E-state index contributed by atoms with van der Waals surface area (Å²) in [6.45, 7) is 17.7. The van der Waals surface area contributed by atoms with Crippen LogP contribution in [-0.2, 0) is 21.9 Å². The lowest BCUT2D eigenvalue weighted by atomic mass is 9.99. The number of carbonyl (C=O) groups excluding carboxylic acids is 2. The Bertz CT molecular complexity index is 3400. The Morgan fingerprint density at radius 1 is 0.616 bits per heavy atom. The third kappa shape index (κ3) is 12.8. The summed E-state index contributed by atoms with van der Waals surface area (Å²) < 4.78 is 130. The molecular weight excluding hydrogens is 1180 g/mol. The van der Waals surface area contributed by atoms with E-state index in [1.807, 2.05) is 37.7 Å². The van der Waals surface area contributed by atoms with Crippen molar-refractivity contribution in [2.24, 2.45) is 0 Å². The van der Waals surface area contributed by atoms with E-state index in [2.05, 4.69) is 52.9 Å². The van der Waals surface area contributed by atoms with Crippen LogP contribution in [-0.4, -0.2) is 165 Å². The molecule has 0 bridgehead atoms. The van der Waals surface area contributed by atoms with Gasteiger partial charge in [-0.2, -0.15) is 46.3 Å². The molecule has 28 heteroatoms.